The van der Waals surface area contributed by atoms with E-state index in [1.807, 2.05) is 0 Å². The summed E-state index contributed by atoms with van der Waals surface area (Å²) in [5.41, 5.74) is 0. The first-order valence-corrected chi connectivity index (χ1v) is 7.06. The summed E-state index contributed by atoms with van der Waals surface area (Å²) < 4.78 is 5.42. The lowest BCUT2D eigenvalue weighted by molar-refractivity contribution is 0.0449. The van der Waals surface area contributed by atoms with E-state index in [0.717, 1.165) is 31.0 Å². The van der Waals surface area contributed by atoms with Crippen LogP contribution in [0.2, 0.25) is 0 Å². The van der Waals surface area contributed by atoms with Crippen LogP contribution in [0.4, 0.5) is 0 Å². The van der Waals surface area contributed by atoms with Gasteiger partial charge in [0, 0.05) is 19.8 Å². The molecule has 2 heteroatoms. The fraction of sp³-hybridized carbons (Fsp3) is 1.00. The van der Waals surface area contributed by atoms with Crippen molar-refractivity contribution in [1.82, 2.24) is 4.90 Å². The predicted octanol–water partition coefficient (Wildman–Crippen LogP) is 2.78. The Bertz CT molecular complexity index is 191. The van der Waals surface area contributed by atoms with Crippen LogP contribution in [0.15, 0.2) is 0 Å². The fourth-order valence-electron chi connectivity index (χ4n) is 3.10. The third kappa shape index (κ3) is 3.46. The summed E-state index contributed by atoms with van der Waals surface area (Å²) in [5.74, 6) is 2.76. The first-order chi connectivity index (χ1) is 7.75. The van der Waals surface area contributed by atoms with Gasteiger partial charge < -0.3 is 9.64 Å². The molecule has 0 aromatic heterocycles. The van der Waals surface area contributed by atoms with Crippen LogP contribution in [0, 0.1) is 17.8 Å². The van der Waals surface area contributed by atoms with E-state index in [-0.39, 0.29) is 0 Å². The zero-order chi connectivity index (χ0) is 11.4. The van der Waals surface area contributed by atoms with Crippen LogP contribution < -0.4 is 0 Å². The van der Waals surface area contributed by atoms with E-state index in [2.05, 4.69) is 18.7 Å². The van der Waals surface area contributed by atoms with E-state index in [1.165, 1.54) is 45.3 Å². The van der Waals surface area contributed by atoms with E-state index in [9.17, 15) is 0 Å². The van der Waals surface area contributed by atoms with Gasteiger partial charge in [-0.3, -0.25) is 0 Å². The number of likely N-dealkylation sites (tertiary alicyclic amines) is 1. The molecule has 2 saturated heterocycles. The molecule has 0 radical (unpaired) electrons. The van der Waals surface area contributed by atoms with Crippen molar-refractivity contribution in [3.63, 3.8) is 0 Å². The summed E-state index contributed by atoms with van der Waals surface area (Å²) in [6.45, 7) is 10.7. The molecule has 0 spiro atoms. The van der Waals surface area contributed by atoms with Crippen molar-refractivity contribution in [2.24, 2.45) is 17.8 Å². The molecule has 2 aliphatic heterocycles. The van der Waals surface area contributed by atoms with E-state index in [0.29, 0.717) is 0 Å². The van der Waals surface area contributed by atoms with Gasteiger partial charge in [0.05, 0.1) is 0 Å². The molecule has 2 fully saturated rings. The van der Waals surface area contributed by atoms with Gasteiger partial charge in [0.25, 0.3) is 0 Å². The quantitative estimate of drug-likeness (QED) is 0.732. The Kier molecular flexibility index (Phi) is 4.66. The first kappa shape index (κ1) is 12.4. The number of nitrogens with zero attached hydrogens (tertiary/aromatic N) is 1. The molecule has 2 aliphatic rings. The predicted molar refractivity (Wildman–Crippen MR) is 67.5 cm³/mol. The highest BCUT2D eigenvalue weighted by molar-refractivity contribution is 4.77. The number of rotatable bonds is 3. The fourth-order valence-corrected chi connectivity index (χ4v) is 3.10. The molecule has 0 aromatic rings. The lowest BCUT2D eigenvalue weighted by Crippen LogP contribution is -2.39. The Hall–Kier alpha value is -0.0800. The summed E-state index contributed by atoms with van der Waals surface area (Å²) in [5, 5.41) is 0. The molecule has 0 bridgehead atoms. The van der Waals surface area contributed by atoms with Crippen molar-refractivity contribution >= 4 is 0 Å². The number of ether oxygens (including phenoxy) is 1. The standard InChI is InChI=1S/C14H27NO/c1-12(2)14-3-7-15(8-4-14)11-13-5-9-16-10-6-13/h12-14H,3-11H2,1-2H3. The number of hydrogen-bond donors (Lipinski definition) is 0. The first-order valence-electron chi connectivity index (χ1n) is 7.06. The maximum atomic E-state index is 5.42. The van der Waals surface area contributed by atoms with E-state index in [4.69, 9.17) is 4.74 Å². The number of piperidine rings is 1. The zero-order valence-corrected chi connectivity index (χ0v) is 11.0. The Morgan fingerprint density at radius 1 is 1.06 bits per heavy atom. The Morgan fingerprint density at radius 3 is 2.25 bits per heavy atom. The van der Waals surface area contributed by atoms with Crippen molar-refractivity contribution in [2.45, 2.75) is 39.5 Å². The minimum atomic E-state index is 0.880. The second-order valence-electron chi connectivity index (χ2n) is 5.94. The van der Waals surface area contributed by atoms with Gasteiger partial charge in [0.1, 0.15) is 0 Å². The van der Waals surface area contributed by atoms with Gasteiger partial charge in [-0.05, 0) is 56.5 Å². The van der Waals surface area contributed by atoms with Crippen LogP contribution in [0.5, 0.6) is 0 Å². The number of hydrogen-bond acceptors (Lipinski definition) is 2. The highest BCUT2D eigenvalue weighted by atomic mass is 16.5. The molecule has 2 heterocycles. The molecular weight excluding hydrogens is 198 g/mol. The highest BCUT2D eigenvalue weighted by Gasteiger charge is 2.24. The largest absolute Gasteiger partial charge is 0.381 e. The van der Waals surface area contributed by atoms with Gasteiger partial charge in [-0.25, -0.2) is 0 Å². The van der Waals surface area contributed by atoms with Crippen LogP contribution in [-0.2, 0) is 4.74 Å². The van der Waals surface area contributed by atoms with Gasteiger partial charge in [-0.2, -0.15) is 0 Å². The molecule has 94 valence electrons. The zero-order valence-electron chi connectivity index (χ0n) is 11.0. The molecule has 0 N–H and O–H groups in total. The molecular formula is C14H27NO. The SMILES string of the molecule is CC(C)C1CCN(CC2CCOCC2)CC1. The van der Waals surface area contributed by atoms with E-state index >= 15 is 0 Å². The highest BCUT2D eigenvalue weighted by Crippen LogP contribution is 2.26. The minimum Gasteiger partial charge on any atom is -0.381 e. The van der Waals surface area contributed by atoms with Crippen LogP contribution in [0.3, 0.4) is 0 Å². The van der Waals surface area contributed by atoms with Crippen molar-refractivity contribution in [3.05, 3.63) is 0 Å². The van der Waals surface area contributed by atoms with Crippen molar-refractivity contribution < 1.29 is 4.74 Å². The molecule has 0 saturated carbocycles. The summed E-state index contributed by atoms with van der Waals surface area (Å²) in [6.07, 6.45) is 5.40. The van der Waals surface area contributed by atoms with Crippen molar-refractivity contribution in [3.8, 4) is 0 Å². The third-order valence-corrected chi connectivity index (χ3v) is 4.43. The Morgan fingerprint density at radius 2 is 1.69 bits per heavy atom. The molecule has 0 unspecified atom stereocenters. The smallest absolute Gasteiger partial charge is 0.0469 e. The van der Waals surface area contributed by atoms with Gasteiger partial charge in [0.2, 0.25) is 0 Å². The van der Waals surface area contributed by atoms with Gasteiger partial charge in [-0.1, -0.05) is 13.8 Å². The Labute approximate surface area is 100 Å². The van der Waals surface area contributed by atoms with Crippen LogP contribution >= 0.6 is 0 Å². The van der Waals surface area contributed by atoms with E-state index in [1.54, 1.807) is 0 Å². The second kappa shape index (κ2) is 6.02. The van der Waals surface area contributed by atoms with Crippen LogP contribution in [-0.4, -0.2) is 37.7 Å². The average molecular weight is 225 g/mol. The van der Waals surface area contributed by atoms with E-state index < -0.39 is 0 Å². The summed E-state index contributed by atoms with van der Waals surface area (Å²) in [6, 6.07) is 0. The molecule has 0 aromatic carbocycles. The maximum absolute atomic E-state index is 5.42. The summed E-state index contributed by atoms with van der Waals surface area (Å²) in [4.78, 5) is 2.69. The lowest BCUT2D eigenvalue weighted by Gasteiger charge is -2.36. The van der Waals surface area contributed by atoms with Gasteiger partial charge in [0.15, 0.2) is 0 Å². The molecule has 0 atom stereocenters. The topological polar surface area (TPSA) is 12.5 Å². The van der Waals surface area contributed by atoms with Crippen molar-refractivity contribution in [2.75, 3.05) is 32.8 Å². The third-order valence-electron chi connectivity index (χ3n) is 4.43. The molecule has 0 aliphatic carbocycles. The second-order valence-corrected chi connectivity index (χ2v) is 5.94. The molecule has 16 heavy (non-hydrogen) atoms. The Balaban J connectivity index is 1.68. The molecule has 2 nitrogen and oxygen atoms in total. The maximum Gasteiger partial charge on any atom is 0.0469 e. The normalized spacial score (nSPS) is 26.4. The van der Waals surface area contributed by atoms with Gasteiger partial charge in [-0.15, -0.1) is 0 Å². The average Bonchev–Trinajstić information content (AvgIpc) is 2.31. The van der Waals surface area contributed by atoms with Gasteiger partial charge >= 0.3 is 0 Å². The summed E-state index contributed by atoms with van der Waals surface area (Å²) in [7, 11) is 0. The minimum absolute atomic E-state index is 0.880. The molecule has 0 amide bonds. The van der Waals surface area contributed by atoms with Crippen molar-refractivity contribution in [1.29, 1.82) is 0 Å². The van der Waals surface area contributed by atoms with Crippen LogP contribution in [0.1, 0.15) is 39.5 Å². The lowest BCUT2D eigenvalue weighted by atomic mass is 9.86. The monoisotopic (exact) mass is 225 g/mol. The van der Waals surface area contributed by atoms with Crippen LogP contribution in [0.25, 0.3) is 0 Å². The molecule has 2 rings (SSSR count). The summed E-state index contributed by atoms with van der Waals surface area (Å²) >= 11 is 0.